The Morgan fingerprint density at radius 1 is 0.641 bits per heavy atom. The van der Waals surface area contributed by atoms with Gasteiger partial charge in [0.1, 0.15) is 42.3 Å². The third-order valence-electron chi connectivity index (χ3n) is 12.6. The molecule has 0 spiro atoms. The molecule has 27 nitrogen and oxygen atoms in total. The van der Waals surface area contributed by atoms with Crippen molar-refractivity contribution in [3.8, 4) is 0 Å². The SMILES string of the molecule is CC(=O)NCCCC1NC(=O)[C@@H](NC(=O)[C@H](CCCNC(=N)N)NC(C)=O)CCC(=O)NCCCC(C(N)=O)NC(=O)[C@H](Cc2c[nH]c3ccccc23)NC(=O)[C@H](CCCNC(=N)N)NC(=O)[C@@H](Cc2ccccc2)NC1=O. The minimum atomic E-state index is -1.51. The first-order chi connectivity index (χ1) is 37.2. The summed E-state index contributed by atoms with van der Waals surface area (Å²) >= 11 is 0. The third-order valence-corrected chi connectivity index (χ3v) is 12.6. The van der Waals surface area contributed by atoms with E-state index in [4.69, 9.17) is 28.0 Å². The van der Waals surface area contributed by atoms with Gasteiger partial charge in [0.05, 0.1) is 0 Å². The molecule has 2 heterocycles. The Balaban J connectivity index is 1.79. The van der Waals surface area contributed by atoms with Gasteiger partial charge in [-0.3, -0.25) is 58.8 Å². The highest BCUT2D eigenvalue weighted by Gasteiger charge is 2.35. The summed E-state index contributed by atoms with van der Waals surface area (Å²) in [4.78, 5) is 140. The molecule has 0 saturated carbocycles. The van der Waals surface area contributed by atoms with Gasteiger partial charge in [-0.2, -0.15) is 0 Å². The lowest BCUT2D eigenvalue weighted by molar-refractivity contribution is -0.136. The molecule has 7 atom stereocenters. The minimum Gasteiger partial charge on any atom is -0.370 e. The van der Waals surface area contributed by atoms with Crippen LogP contribution >= 0.6 is 0 Å². The van der Waals surface area contributed by atoms with Crippen LogP contribution in [0.5, 0.6) is 0 Å². The van der Waals surface area contributed by atoms with Gasteiger partial charge in [-0.15, -0.1) is 0 Å². The highest BCUT2D eigenvalue weighted by Crippen LogP contribution is 2.20. The number of primary amides is 1. The second-order valence-electron chi connectivity index (χ2n) is 18.9. The molecule has 1 aromatic heterocycles. The number of hydrogen-bond donors (Lipinski definition) is 17. The van der Waals surface area contributed by atoms with Gasteiger partial charge in [0.2, 0.25) is 59.1 Å². The van der Waals surface area contributed by atoms with Crippen LogP contribution in [0.3, 0.4) is 0 Å². The summed E-state index contributed by atoms with van der Waals surface area (Å²) in [5, 5.41) is 45.1. The zero-order valence-electron chi connectivity index (χ0n) is 43.9. The number of amides is 10. The lowest BCUT2D eigenvalue weighted by Gasteiger charge is -2.28. The number of aromatic amines is 1. The molecule has 27 heteroatoms. The Morgan fingerprint density at radius 2 is 1.19 bits per heavy atom. The van der Waals surface area contributed by atoms with Gasteiger partial charge < -0.3 is 80.7 Å². The Bertz CT molecular complexity index is 2590. The molecule has 78 heavy (non-hydrogen) atoms. The summed E-state index contributed by atoms with van der Waals surface area (Å²) in [7, 11) is 0. The van der Waals surface area contributed by atoms with E-state index in [1.165, 1.54) is 13.8 Å². The van der Waals surface area contributed by atoms with Crippen molar-refractivity contribution in [2.45, 2.75) is 133 Å². The van der Waals surface area contributed by atoms with Crippen molar-refractivity contribution in [1.82, 2.24) is 63.5 Å². The van der Waals surface area contributed by atoms with E-state index >= 15 is 0 Å². The van der Waals surface area contributed by atoms with E-state index in [9.17, 15) is 47.9 Å². The number of nitrogens with one attached hydrogen (secondary N) is 14. The van der Waals surface area contributed by atoms with E-state index in [2.05, 4.69) is 63.5 Å². The van der Waals surface area contributed by atoms with Gasteiger partial charge in [0, 0.05) is 76.4 Å². The van der Waals surface area contributed by atoms with Crippen molar-refractivity contribution in [2.75, 3.05) is 26.2 Å². The van der Waals surface area contributed by atoms with Gasteiger partial charge >= 0.3 is 0 Å². The smallest absolute Gasteiger partial charge is 0.243 e. The summed E-state index contributed by atoms with van der Waals surface area (Å²) in [5.74, 6) is -8.13. The lowest BCUT2D eigenvalue weighted by Crippen LogP contribution is -2.60. The second kappa shape index (κ2) is 32.0. The number of carbonyl (C=O) groups is 10. The number of fused-ring (bicyclic) bond motifs is 1. The van der Waals surface area contributed by atoms with E-state index in [0.717, 1.165) is 10.9 Å². The van der Waals surface area contributed by atoms with Gasteiger partial charge in [-0.1, -0.05) is 48.5 Å². The van der Waals surface area contributed by atoms with Crippen LogP contribution in [0, 0.1) is 10.8 Å². The largest absolute Gasteiger partial charge is 0.370 e. The highest BCUT2D eigenvalue weighted by atomic mass is 16.2. The molecule has 3 aromatic rings. The van der Waals surface area contributed by atoms with Crippen LogP contribution in [0.2, 0.25) is 0 Å². The second-order valence-corrected chi connectivity index (χ2v) is 18.9. The van der Waals surface area contributed by atoms with E-state index in [-0.39, 0.29) is 121 Å². The van der Waals surface area contributed by atoms with Gasteiger partial charge in [0.15, 0.2) is 11.9 Å². The van der Waals surface area contributed by atoms with Crippen molar-refractivity contribution < 1.29 is 47.9 Å². The van der Waals surface area contributed by atoms with E-state index < -0.39 is 95.5 Å². The van der Waals surface area contributed by atoms with E-state index in [1.54, 1.807) is 42.6 Å². The molecule has 1 fully saturated rings. The summed E-state index contributed by atoms with van der Waals surface area (Å²) in [5.41, 5.74) is 18.7. The molecule has 1 aliphatic rings. The van der Waals surface area contributed by atoms with Gasteiger partial charge in [0.25, 0.3) is 0 Å². The fourth-order valence-electron chi connectivity index (χ4n) is 8.56. The molecular weight excluding hydrogens is 1010 g/mol. The molecule has 4 rings (SSSR count). The molecule has 2 aromatic carbocycles. The minimum absolute atomic E-state index is 0.0311. The van der Waals surface area contributed by atoms with Crippen molar-refractivity contribution >= 4 is 81.9 Å². The molecular formula is C51H75N17O10. The molecule has 424 valence electrons. The third kappa shape index (κ3) is 21.8. The van der Waals surface area contributed by atoms with Crippen LogP contribution < -0.4 is 75.7 Å². The number of guanidine groups is 2. The summed E-state index contributed by atoms with van der Waals surface area (Å²) < 4.78 is 0. The van der Waals surface area contributed by atoms with Crippen LogP contribution in [0.15, 0.2) is 60.8 Å². The maximum absolute atomic E-state index is 14.7. The average Bonchev–Trinajstić information content (AvgIpc) is 3.80. The normalized spacial score (nSPS) is 20.6. The van der Waals surface area contributed by atoms with Crippen LogP contribution in [-0.4, -0.2) is 144 Å². The molecule has 10 amide bonds. The molecule has 2 unspecified atom stereocenters. The first-order valence-corrected chi connectivity index (χ1v) is 25.8. The highest BCUT2D eigenvalue weighted by molar-refractivity contribution is 5.98. The van der Waals surface area contributed by atoms with Crippen LogP contribution in [0.4, 0.5) is 0 Å². The number of nitrogens with two attached hydrogens (primary N) is 3. The Hall–Kier alpha value is -8.78. The number of H-pyrrole nitrogens is 1. The van der Waals surface area contributed by atoms with Gasteiger partial charge in [-0.25, -0.2) is 0 Å². The summed E-state index contributed by atoms with van der Waals surface area (Å²) in [6.45, 7) is 2.82. The number of aromatic nitrogens is 1. The molecule has 1 saturated heterocycles. The first kappa shape index (κ1) is 61.8. The monoisotopic (exact) mass is 1090 g/mol. The van der Waals surface area contributed by atoms with Crippen molar-refractivity contribution in [2.24, 2.45) is 17.2 Å². The fraction of sp³-hybridized carbons (Fsp3) is 0.490. The number of carbonyl (C=O) groups excluding carboxylic acids is 10. The fourth-order valence-corrected chi connectivity index (χ4v) is 8.56. The van der Waals surface area contributed by atoms with Crippen LogP contribution in [-0.2, 0) is 60.8 Å². The number of hydrogen-bond acceptors (Lipinski definition) is 12. The zero-order valence-corrected chi connectivity index (χ0v) is 43.9. The molecule has 0 radical (unpaired) electrons. The predicted octanol–water partition coefficient (Wildman–Crippen LogP) is -3.02. The number of para-hydroxylation sites is 1. The topological polar surface area (TPSA) is 445 Å². The summed E-state index contributed by atoms with van der Waals surface area (Å²) in [6.07, 6.45) is 1.21. The average molecular weight is 1090 g/mol. The van der Waals surface area contributed by atoms with Crippen molar-refractivity contribution in [3.63, 3.8) is 0 Å². The Morgan fingerprint density at radius 3 is 1.81 bits per heavy atom. The zero-order chi connectivity index (χ0) is 57.1. The van der Waals surface area contributed by atoms with Crippen molar-refractivity contribution in [1.29, 1.82) is 10.8 Å². The maximum Gasteiger partial charge on any atom is 0.243 e. The Labute approximate surface area is 451 Å². The molecule has 0 bridgehead atoms. The number of benzene rings is 2. The number of rotatable bonds is 20. The molecule has 0 aliphatic carbocycles. The molecule has 20 N–H and O–H groups in total. The maximum atomic E-state index is 14.7. The van der Waals surface area contributed by atoms with E-state index in [0.29, 0.717) is 11.1 Å². The standard InChI is InChI=1S/C51H75N17O10/c1-29(69)57-22-9-18-37-45(74)67-40(26-31-12-4-3-5-13-31)48(77)65-38(19-11-25-60-51(55)56)46(75)68-41(27-32-28-61-34-15-7-6-14-33(32)34)49(78)63-35(43(52)72)16-8-23-58-42(71)21-20-39(47(76)64-37)66-44(73)36(62-30(2)70)17-10-24-59-50(53)54/h3-7,12-15,28,35-41,61H,8-11,16-27H2,1-2H3,(H2,52,72)(H,57,69)(H,58,71)(H,62,70)(H,63,78)(H,64,76)(H,65,77)(H,66,73)(H,67,74)(H,68,75)(H4,53,54,59)(H4,55,56,60)/t35?,36-,37?,38-,39-,40+,41-/m0/s1. The van der Waals surface area contributed by atoms with Crippen molar-refractivity contribution in [3.05, 3.63) is 71.9 Å². The summed E-state index contributed by atoms with van der Waals surface area (Å²) in [6, 6.07) is 6.27. The Kier molecular flexibility index (Phi) is 25.3. The lowest BCUT2D eigenvalue weighted by atomic mass is 10.0. The quantitative estimate of drug-likeness (QED) is 0.0305. The predicted molar refractivity (Wildman–Crippen MR) is 288 cm³/mol. The van der Waals surface area contributed by atoms with Crippen LogP contribution in [0.25, 0.3) is 10.9 Å². The van der Waals surface area contributed by atoms with Gasteiger partial charge in [-0.05, 0) is 75.0 Å². The molecule has 1 aliphatic heterocycles. The first-order valence-electron chi connectivity index (χ1n) is 25.8. The van der Waals surface area contributed by atoms with Crippen LogP contribution in [0.1, 0.15) is 89.2 Å². The van der Waals surface area contributed by atoms with E-state index in [1.807, 2.05) is 18.2 Å².